The molecule has 3 heteroatoms. The van der Waals surface area contributed by atoms with E-state index in [1.54, 1.807) is 0 Å². The van der Waals surface area contributed by atoms with Crippen molar-refractivity contribution in [3.05, 3.63) is 0 Å². The number of hydrogen-bond acceptors (Lipinski definition) is 3. The number of unbranched alkanes of at least 4 members (excludes halogenated alkanes) is 6. The van der Waals surface area contributed by atoms with Crippen LogP contribution in [0.3, 0.4) is 0 Å². The molecular weight excluding hydrogens is 216 g/mol. The van der Waals surface area contributed by atoms with Gasteiger partial charge in [0.05, 0.1) is 6.10 Å². The van der Waals surface area contributed by atoms with Gasteiger partial charge in [-0.15, -0.1) is 0 Å². The van der Waals surface area contributed by atoms with E-state index in [2.05, 4.69) is 6.92 Å². The van der Waals surface area contributed by atoms with Gasteiger partial charge in [0.15, 0.2) is 6.29 Å². The first kappa shape index (κ1) is 16.9. The minimum atomic E-state index is -0.806. The van der Waals surface area contributed by atoms with Gasteiger partial charge < -0.3 is 14.9 Å². The molecule has 0 rings (SSSR count). The molecule has 0 saturated heterocycles. The highest BCUT2D eigenvalue weighted by atomic mass is 16.6. The minimum Gasteiger partial charge on any atom is -0.393 e. The highest BCUT2D eigenvalue weighted by molar-refractivity contribution is 4.58. The Hall–Kier alpha value is -0.120. The maximum absolute atomic E-state index is 9.65. The molecule has 104 valence electrons. The summed E-state index contributed by atoms with van der Waals surface area (Å²) in [6.07, 6.45) is 8.65. The Bertz CT molecular complexity index is 150. The van der Waals surface area contributed by atoms with E-state index in [0.717, 1.165) is 12.8 Å². The van der Waals surface area contributed by atoms with Crippen molar-refractivity contribution in [2.75, 3.05) is 6.61 Å². The maximum Gasteiger partial charge on any atom is 0.156 e. The van der Waals surface area contributed by atoms with Crippen LogP contribution < -0.4 is 0 Å². The average Bonchev–Trinajstić information content (AvgIpc) is 2.28. The zero-order valence-corrected chi connectivity index (χ0v) is 11.5. The smallest absolute Gasteiger partial charge is 0.156 e. The van der Waals surface area contributed by atoms with E-state index in [0.29, 0.717) is 13.0 Å². The van der Waals surface area contributed by atoms with E-state index in [9.17, 15) is 10.2 Å². The van der Waals surface area contributed by atoms with Gasteiger partial charge in [0.25, 0.3) is 0 Å². The topological polar surface area (TPSA) is 49.7 Å². The Morgan fingerprint density at radius 3 is 2.06 bits per heavy atom. The molecule has 0 spiro atoms. The van der Waals surface area contributed by atoms with Crippen LogP contribution in [0.25, 0.3) is 0 Å². The fraction of sp³-hybridized carbons (Fsp3) is 1.00. The van der Waals surface area contributed by atoms with Crippen LogP contribution in [0.5, 0.6) is 0 Å². The molecule has 0 fully saturated rings. The SMILES string of the molecule is CCCCCCCCCC(O)CC(O)OCC. The summed E-state index contributed by atoms with van der Waals surface area (Å²) >= 11 is 0. The summed E-state index contributed by atoms with van der Waals surface area (Å²) in [5.41, 5.74) is 0. The van der Waals surface area contributed by atoms with E-state index in [4.69, 9.17) is 4.74 Å². The summed E-state index contributed by atoms with van der Waals surface area (Å²) in [5.74, 6) is 0. The summed E-state index contributed by atoms with van der Waals surface area (Å²) in [6, 6.07) is 0. The molecular formula is C14H30O3. The van der Waals surface area contributed by atoms with Crippen molar-refractivity contribution in [3.63, 3.8) is 0 Å². The fourth-order valence-corrected chi connectivity index (χ4v) is 1.95. The molecule has 2 N–H and O–H groups in total. The molecule has 3 nitrogen and oxygen atoms in total. The van der Waals surface area contributed by atoms with Gasteiger partial charge in [-0.05, 0) is 13.3 Å². The van der Waals surface area contributed by atoms with E-state index >= 15 is 0 Å². The monoisotopic (exact) mass is 246 g/mol. The molecule has 0 aromatic heterocycles. The average molecular weight is 246 g/mol. The quantitative estimate of drug-likeness (QED) is 0.410. The predicted molar refractivity (Wildman–Crippen MR) is 70.9 cm³/mol. The second kappa shape index (κ2) is 12.3. The number of aliphatic hydroxyl groups excluding tert-OH is 2. The third-order valence-corrected chi connectivity index (χ3v) is 2.97. The molecule has 0 aromatic rings. The Kier molecular flexibility index (Phi) is 12.3. The normalized spacial score (nSPS) is 14.8. The molecule has 0 radical (unpaired) electrons. The van der Waals surface area contributed by atoms with Gasteiger partial charge in [0.2, 0.25) is 0 Å². The first-order valence-corrected chi connectivity index (χ1v) is 7.18. The van der Waals surface area contributed by atoms with Crippen LogP contribution in [0.1, 0.15) is 71.6 Å². The van der Waals surface area contributed by atoms with Crippen LogP contribution >= 0.6 is 0 Å². The molecule has 2 atom stereocenters. The molecule has 0 aliphatic rings. The van der Waals surface area contributed by atoms with Crippen LogP contribution in [0, 0.1) is 0 Å². The standard InChI is InChI=1S/C14H30O3/c1-3-5-6-7-8-9-10-11-13(15)12-14(16)17-4-2/h13-16H,3-12H2,1-2H3. The summed E-state index contributed by atoms with van der Waals surface area (Å²) in [5, 5.41) is 19.0. The fourth-order valence-electron chi connectivity index (χ4n) is 1.95. The molecule has 0 aliphatic carbocycles. The summed E-state index contributed by atoms with van der Waals surface area (Å²) in [6.45, 7) is 4.55. The molecule has 2 unspecified atom stereocenters. The van der Waals surface area contributed by atoms with Gasteiger partial charge in [-0.1, -0.05) is 51.9 Å². The number of hydrogen-bond donors (Lipinski definition) is 2. The van der Waals surface area contributed by atoms with Crippen LogP contribution in [0.15, 0.2) is 0 Å². The van der Waals surface area contributed by atoms with Crippen molar-refractivity contribution in [1.82, 2.24) is 0 Å². The lowest BCUT2D eigenvalue weighted by atomic mass is 10.0. The van der Waals surface area contributed by atoms with Crippen LogP contribution in [0.2, 0.25) is 0 Å². The molecule has 0 saturated carbocycles. The third kappa shape index (κ3) is 12.1. The molecule has 0 heterocycles. The van der Waals surface area contributed by atoms with Gasteiger partial charge in [-0.2, -0.15) is 0 Å². The van der Waals surface area contributed by atoms with Gasteiger partial charge in [-0.3, -0.25) is 0 Å². The largest absolute Gasteiger partial charge is 0.393 e. The van der Waals surface area contributed by atoms with Crippen molar-refractivity contribution in [2.24, 2.45) is 0 Å². The van der Waals surface area contributed by atoms with Gasteiger partial charge in [-0.25, -0.2) is 0 Å². The molecule has 0 amide bonds. The predicted octanol–water partition coefficient (Wildman–Crippen LogP) is 3.23. The Labute approximate surface area is 106 Å². The van der Waals surface area contributed by atoms with Crippen molar-refractivity contribution < 1.29 is 14.9 Å². The second-order valence-corrected chi connectivity index (χ2v) is 4.71. The summed E-state index contributed by atoms with van der Waals surface area (Å²) < 4.78 is 4.98. The van der Waals surface area contributed by atoms with E-state index in [-0.39, 0.29) is 0 Å². The second-order valence-electron chi connectivity index (χ2n) is 4.71. The molecule has 17 heavy (non-hydrogen) atoms. The Morgan fingerprint density at radius 2 is 1.47 bits per heavy atom. The summed E-state index contributed by atoms with van der Waals surface area (Å²) in [7, 11) is 0. The zero-order chi connectivity index (χ0) is 12.9. The molecule has 0 aromatic carbocycles. The lowest BCUT2D eigenvalue weighted by Gasteiger charge is -2.15. The Morgan fingerprint density at radius 1 is 0.882 bits per heavy atom. The van der Waals surface area contributed by atoms with Gasteiger partial charge in [0, 0.05) is 13.0 Å². The zero-order valence-electron chi connectivity index (χ0n) is 11.5. The van der Waals surface area contributed by atoms with E-state index in [1.807, 2.05) is 6.92 Å². The highest BCUT2D eigenvalue weighted by Gasteiger charge is 2.10. The highest BCUT2D eigenvalue weighted by Crippen LogP contribution is 2.12. The van der Waals surface area contributed by atoms with Crippen molar-refractivity contribution in [1.29, 1.82) is 0 Å². The third-order valence-electron chi connectivity index (χ3n) is 2.97. The molecule has 0 aliphatic heterocycles. The Balaban J connectivity index is 3.24. The number of ether oxygens (including phenoxy) is 1. The van der Waals surface area contributed by atoms with E-state index < -0.39 is 12.4 Å². The van der Waals surface area contributed by atoms with Crippen molar-refractivity contribution in [3.8, 4) is 0 Å². The van der Waals surface area contributed by atoms with E-state index in [1.165, 1.54) is 38.5 Å². The first-order chi connectivity index (χ1) is 8.20. The minimum absolute atomic E-state index is 0.337. The maximum atomic E-state index is 9.65. The van der Waals surface area contributed by atoms with Crippen LogP contribution in [-0.2, 0) is 4.74 Å². The number of aliphatic hydroxyl groups is 2. The van der Waals surface area contributed by atoms with Crippen LogP contribution in [0.4, 0.5) is 0 Å². The number of rotatable bonds is 12. The lowest BCUT2D eigenvalue weighted by Crippen LogP contribution is -2.20. The lowest BCUT2D eigenvalue weighted by molar-refractivity contribution is -0.116. The van der Waals surface area contributed by atoms with Gasteiger partial charge in [0.1, 0.15) is 0 Å². The molecule has 0 bridgehead atoms. The van der Waals surface area contributed by atoms with Crippen molar-refractivity contribution >= 4 is 0 Å². The van der Waals surface area contributed by atoms with Crippen molar-refractivity contribution in [2.45, 2.75) is 84.0 Å². The summed E-state index contributed by atoms with van der Waals surface area (Å²) in [4.78, 5) is 0. The van der Waals surface area contributed by atoms with Crippen LogP contribution in [-0.4, -0.2) is 29.2 Å². The van der Waals surface area contributed by atoms with Gasteiger partial charge >= 0.3 is 0 Å². The first-order valence-electron chi connectivity index (χ1n) is 7.18.